The van der Waals surface area contributed by atoms with E-state index in [1.54, 1.807) is 12.4 Å². The van der Waals surface area contributed by atoms with Gasteiger partial charge in [0.1, 0.15) is 5.82 Å². The lowest BCUT2D eigenvalue weighted by Crippen LogP contribution is -2.51. The number of rotatable bonds is 6. The number of anilines is 2. The number of aromatic nitrogens is 3. The maximum Gasteiger partial charge on any atom is 0.227 e. The zero-order valence-corrected chi connectivity index (χ0v) is 17.6. The van der Waals surface area contributed by atoms with Crippen LogP contribution in [-0.4, -0.2) is 65.0 Å². The van der Waals surface area contributed by atoms with Crippen LogP contribution in [0.5, 0.6) is 0 Å². The molecule has 2 aromatic heterocycles. The smallest absolute Gasteiger partial charge is 0.227 e. The summed E-state index contributed by atoms with van der Waals surface area (Å²) in [5.41, 5.74) is 0.899. The molecule has 2 aliphatic heterocycles. The molecular weight excluding hydrogens is 378 g/mol. The summed E-state index contributed by atoms with van der Waals surface area (Å²) in [6.45, 7) is 4.33. The molecular formula is C22H31N7O. The van der Waals surface area contributed by atoms with Crippen molar-refractivity contribution in [1.82, 2.24) is 25.2 Å². The van der Waals surface area contributed by atoms with Gasteiger partial charge >= 0.3 is 0 Å². The van der Waals surface area contributed by atoms with E-state index >= 15 is 0 Å². The monoisotopic (exact) mass is 409 g/mol. The van der Waals surface area contributed by atoms with Gasteiger partial charge in [-0.05, 0) is 50.4 Å². The van der Waals surface area contributed by atoms with Gasteiger partial charge in [-0.3, -0.25) is 14.7 Å². The number of nitrogens with one attached hydrogen (secondary N) is 2. The predicted molar refractivity (Wildman–Crippen MR) is 117 cm³/mol. The van der Waals surface area contributed by atoms with Crippen molar-refractivity contribution < 1.29 is 4.79 Å². The molecule has 8 nitrogen and oxygen atoms in total. The Morgan fingerprint density at radius 1 is 1.10 bits per heavy atom. The third kappa shape index (κ3) is 5.05. The van der Waals surface area contributed by atoms with E-state index in [9.17, 15) is 4.79 Å². The number of hydrogen-bond acceptors (Lipinski definition) is 7. The molecule has 0 spiro atoms. The van der Waals surface area contributed by atoms with E-state index < -0.39 is 0 Å². The topological polar surface area (TPSA) is 86.3 Å². The zero-order valence-electron chi connectivity index (χ0n) is 17.6. The number of nitrogens with zero attached hydrogens (tertiary/aromatic N) is 5. The number of likely N-dealkylation sites (tertiary alicyclic amines) is 1. The van der Waals surface area contributed by atoms with E-state index in [0.717, 1.165) is 69.3 Å². The first kappa shape index (κ1) is 20.5. The van der Waals surface area contributed by atoms with Gasteiger partial charge in [-0.2, -0.15) is 4.98 Å². The van der Waals surface area contributed by atoms with Crippen LogP contribution in [0.2, 0.25) is 0 Å². The van der Waals surface area contributed by atoms with Gasteiger partial charge in [-0.25, -0.2) is 4.98 Å². The molecule has 0 aliphatic carbocycles. The van der Waals surface area contributed by atoms with Crippen LogP contribution in [0.15, 0.2) is 36.7 Å². The van der Waals surface area contributed by atoms with Gasteiger partial charge in [0.25, 0.3) is 0 Å². The van der Waals surface area contributed by atoms with E-state index in [4.69, 9.17) is 0 Å². The van der Waals surface area contributed by atoms with Crippen molar-refractivity contribution in [2.45, 2.75) is 38.3 Å². The minimum Gasteiger partial charge on any atom is -0.373 e. The highest BCUT2D eigenvalue weighted by Crippen LogP contribution is 2.25. The van der Waals surface area contributed by atoms with Crippen molar-refractivity contribution in [2.24, 2.45) is 5.92 Å². The fourth-order valence-electron chi connectivity index (χ4n) is 4.45. The summed E-state index contributed by atoms with van der Waals surface area (Å²) in [6, 6.07) is 8.18. The number of hydrogen-bond donors (Lipinski definition) is 2. The second kappa shape index (κ2) is 9.84. The number of piperidine rings is 2. The van der Waals surface area contributed by atoms with E-state index in [1.807, 2.05) is 31.3 Å². The average molecular weight is 410 g/mol. The fraction of sp³-hybridized carbons (Fsp3) is 0.545. The summed E-state index contributed by atoms with van der Waals surface area (Å²) in [5, 5.41) is 6.15. The first-order valence-corrected chi connectivity index (χ1v) is 10.9. The fourth-order valence-corrected chi connectivity index (χ4v) is 4.45. The number of carbonyl (C=O) groups excluding carboxylic acids is 1. The Balaban J connectivity index is 1.27. The van der Waals surface area contributed by atoms with Crippen LogP contribution >= 0.6 is 0 Å². The maximum atomic E-state index is 12.7. The van der Waals surface area contributed by atoms with Crippen molar-refractivity contribution in [3.05, 3.63) is 42.4 Å². The van der Waals surface area contributed by atoms with Crippen molar-refractivity contribution in [2.75, 3.05) is 43.4 Å². The number of carbonyl (C=O) groups is 1. The highest BCUT2D eigenvalue weighted by atomic mass is 16.1. The lowest BCUT2D eigenvalue weighted by Gasteiger charge is -2.42. The van der Waals surface area contributed by atoms with Gasteiger partial charge < -0.3 is 15.5 Å². The number of pyridine rings is 1. The Morgan fingerprint density at radius 3 is 2.73 bits per heavy atom. The Bertz CT molecular complexity index is 823. The molecule has 160 valence electrons. The van der Waals surface area contributed by atoms with Crippen LogP contribution in [-0.2, 0) is 11.3 Å². The highest BCUT2D eigenvalue weighted by molar-refractivity contribution is 5.78. The average Bonchev–Trinajstić information content (AvgIpc) is 2.83. The lowest BCUT2D eigenvalue weighted by molar-refractivity contribution is -0.127. The maximum absolute atomic E-state index is 12.7. The summed E-state index contributed by atoms with van der Waals surface area (Å²) in [6.07, 6.45) is 7.77. The number of amides is 1. The molecule has 8 heteroatoms. The summed E-state index contributed by atoms with van der Waals surface area (Å²) in [5.74, 6) is 1.86. The summed E-state index contributed by atoms with van der Waals surface area (Å²) < 4.78 is 0. The quantitative estimate of drug-likeness (QED) is 0.754. The lowest BCUT2D eigenvalue weighted by atomic mass is 9.93. The summed E-state index contributed by atoms with van der Waals surface area (Å²) in [4.78, 5) is 30.8. The molecule has 1 unspecified atom stereocenters. The standard InChI is InChI=1S/C22H31N7O/c1-23-20-7-11-25-22(27-20)28-13-8-19(9-14-28)29-12-4-5-17(16-29)21(30)26-15-18-6-2-3-10-24-18/h2-3,6-7,10-11,17,19H,4-5,8-9,12-16H2,1H3,(H,26,30)(H,23,25,27). The first-order valence-electron chi connectivity index (χ1n) is 10.9. The summed E-state index contributed by atoms with van der Waals surface area (Å²) in [7, 11) is 1.87. The highest BCUT2D eigenvalue weighted by Gasteiger charge is 2.32. The van der Waals surface area contributed by atoms with E-state index in [2.05, 4.69) is 35.4 Å². The SMILES string of the molecule is CNc1ccnc(N2CCC(N3CCCC(C(=O)NCc4ccccn4)C3)CC2)n1. The molecule has 0 radical (unpaired) electrons. The van der Waals surface area contributed by atoms with Crippen LogP contribution in [0.4, 0.5) is 11.8 Å². The van der Waals surface area contributed by atoms with Crippen molar-refractivity contribution in [1.29, 1.82) is 0 Å². The van der Waals surface area contributed by atoms with Crippen molar-refractivity contribution in [3.63, 3.8) is 0 Å². The van der Waals surface area contributed by atoms with Gasteiger partial charge in [0, 0.05) is 45.1 Å². The Kier molecular flexibility index (Phi) is 6.74. The van der Waals surface area contributed by atoms with Crippen LogP contribution in [0.1, 0.15) is 31.4 Å². The second-order valence-electron chi connectivity index (χ2n) is 8.08. The first-order chi connectivity index (χ1) is 14.7. The van der Waals surface area contributed by atoms with Crippen LogP contribution in [0.25, 0.3) is 0 Å². The van der Waals surface area contributed by atoms with Crippen molar-refractivity contribution >= 4 is 17.7 Å². The van der Waals surface area contributed by atoms with Gasteiger partial charge in [0.05, 0.1) is 18.2 Å². The third-order valence-electron chi connectivity index (χ3n) is 6.16. The van der Waals surface area contributed by atoms with Gasteiger partial charge in [0.15, 0.2) is 0 Å². The molecule has 0 bridgehead atoms. The molecule has 1 amide bonds. The zero-order chi connectivity index (χ0) is 20.8. The molecule has 2 aromatic rings. The Morgan fingerprint density at radius 2 is 1.97 bits per heavy atom. The molecule has 2 N–H and O–H groups in total. The van der Waals surface area contributed by atoms with Crippen LogP contribution < -0.4 is 15.5 Å². The molecule has 2 fully saturated rings. The van der Waals surface area contributed by atoms with Gasteiger partial charge in [-0.15, -0.1) is 0 Å². The molecule has 30 heavy (non-hydrogen) atoms. The van der Waals surface area contributed by atoms with Crippen LogP contribution in [0, 0.1) is 5.92 Å². The normalized spacial score (nSPS) is 20.7. The van der Waals surface area contributed by atoms with Crippen molar-refractivity contribution in [3.8, 4) is 0 Å². The van der Waals surface area contributed by atoms with Gasteiger partial charge in [-0.1, -0.05) is 6.07 Å². The molecule has 2 aliphatic rings. The molecule has 1 atom stereocenters. The Labute approximate surface area is 178 Å². The predicted octanol–water partition coefficient (Wildman–Crippen LogP) is 1.91. The van der Waals surface area contributed by atoms with E-state index in [0.29, 0.717) is 12.6 Å². The minimum absolute atomic E-state index is 0.0659. The molecule has 0 saturated carbocycles. The second-order valence-corrected chi connectivity index (χ2v) is 8.08. The summed E-state index contributed by atoms with van der Waals surface area (Å²) >= 11 is 0. The van der Waals surface area contributed by atoms with E-state index in [-0.39, 0.29) is 11.8 Å². The van der Waals surface area contributed by atoms with Gasteiger partial charge in [0.2, 0.25) is 11.9 Å². The molecule has 2 saturated heterocycles. The molecule has 0 aromatic carbocycles. The molecule has 4 heterocycles. The van der Waals surface area contributed by atoms with E-state index in [1.165, 1.54) is 0 Å². The Hall–Kier alpha value is -2.74. The molecule has 4 rings (SSSR count). The van der Waals surface area contributed by atoms with Crippen LogP contribution in [0.3, 0.4) is 0 Å². The minimum atomic E-state index is 0.0659. The third-order valence-corrected chi connectivity index (χ3v) is 6.16. The largest absolute Gasteiger partial charge is 0.373 e.